The normalized spacial score (nSPS) is 9.70. The third-order valence-corrected chi connectivity index (χ3v) is 2.61. The summed E-state index contributed by atoms with van der Waals surface area (Å²) in [5.41, 5.74) is 1.76. The van der Waals surface area contributed by atoms with Crippen molar-refractivity contribution in [1.29, 1.82) is 0 Å². The van der Waals surface area contributed by atoms with Gasteiger partial charge in [-0.25, -0.2) is 4.98 Å². The summed E-state index contributed by atoms with van der Waals surface area (Å²) in [5, 5.41) is 0. The minimum Gasteiger partial charge on any atom is -0.493 e. The molecule has 0 bridgehead atoms. The smallest absolute Gasteiger partial charge is 0.181 e. The Balaban J connectivity index is 0.000000149. The molecule has 2 aromatic carbocycles. The zero-order valence-electron chi connectivity index (χ0n) is 11.6. The highest BCUT2D eigenvalue weighted by atomic mass is 16.5. The molecule has 0 fully saturated rings. The van der Waals surface area contributed by atoms with Crippen molar-refractivity contribution in [3.63, 3.8) is 0 Å². The molecule has 0 saturated heterocycles. The number of rotatable bonds is 3. The van der Waals surface area contributed by atoms with E-state index < -0.39 is 0 Å². The van der Waals surface area contributed by atoms with E-state index in [9.17, 15) is 0 Å². The molecule has 0 aliphatic rings. The first-order valence-electron chi connectivity index (χ1n) is 6.39. The van der Waals surface area contributed by atoms with Gasteiger partial charge in [0, 0.05) is 0 Å². The fourth-order valence-corrected chi connectivity index (χ4v) is 1.70. The van der Waals surface area contributed by atoms with Gasteiger partial charge < -0.3 is 13.9 Å². The first kappa shape index (κ1) is 13.9. The highest BCUT2D eigenvalue weighted by molar-refractivity contribution is 5.71. The van der Waals surface area contributed by atoms with Crippen molar-refractivity contribution in [2.45, 2.75) is 6.92 Å². The monoisotopic (exact) mass is 271 g/mol. The van der Waals surface area contributed by atoms with E-state index in [4.69, 9.17) is 13.9 Å². The number of benzene rings is 2. The van der Waals surface area contributed by atoms with E-state index in [-0.39, 0.29) is 0 Å². The van der Waals surface area contributed by atoms with Gasteiger partial charge in [0.1, 0.15) is 5.52 Å². The number of hydrogen-bond donors (Lipinski definition) is 0. The van der Waals surface area contributed by atoms with Gasteiger partial charge in [-0.2, -0.15) is 0 Å². The van der Waals surface area contributed by atoms with Crippen molar-refractivity contribution in [1.82, 2.24) is 4.98 Å². The fourth-order valence-electron chi connectivity index (χ4n) is 1.70. The molecule has 20 heavy (non-hydrogen) atoms. The van der Waals surface area contributed by atoms with Crippen LogP contribution in [0.1, 0.15) is 6.92 Å². The molecule has 0 aliphatic heterocycles. The maximum atomic E-state index is 5.30. The third kappa shape index (κ3) is 3.51. The van der Waals surface area contributed by atoms with Crippen LogP contribution in [0.5, 0.6) is 11.5 Å². The molecule has 0 unspecified atom stereocenters. The summed E-state index contributed by atoms with van der Waals surface area (Å²) in [5.74, 6) is 1.59. The van der Waals surface area contributed by atoms with Gasteiger partial charge in [-0.15, -0.1) is 0 Å². The molecule has 0 spiro atoms. The van der Waals surface area contributed by atoms with Gasteiger partial charge in [0.05, 0.1) is 13.7 Å². The Morgan fingerprint density at radius 1 is 1.00 bits per heavy atom. The summed E-state index contributed by atoms with van der Waals surface area (Å²) in [6.45, 7) is 2.62. The van der Waals surface area contributed by atoms with Crippen LogP contribution in [0.15, 0.2) is 59.3 Å². The van der Waals surface area contributed by atoms with E-state index >= 15 is 0 Å². The van der Waals surface area contributed by atoms with Crippen molar-refractivity contribution in [3.05, 3.63) is 54.9 Å². The van der Waals surface area contributed by atoms with Gasteiger partial charge in [0.2, 0.25) is 0 Å². The van der Waals surface area contributed by atoms with E-state index in [1.54, 1.807) is 7.11 Å². The molecule has 3 rings (SSSR count). The minimum atomic E-state index is 0.667. The lowest BCUT2D eigenvalue weighted by atomic mass is 10.3. The predicted octanol–water partition coefficient (Wildman–Crippen LogP) is 3.92. The second-order valence-corrected chi connectivity index (χ2v) is 3.90. The average Bonchev–Trinajstić information content (AvgIpc) is 2.97. The first-order chi connectivity index (χ1) is 9.85. The second kappa shape index (κ2) is 7.19. The minimum absolute atomic E-state index is 0.667. The predicted molar refractivity (Wildman–Crippen MR) is 78.2 cm³/mol. The van der Waals surface area contributed by atoms with E-state index in [0.29, 0.717) is 6.61 Å². The summed E-state index contributed by atoms with van der Waals surface area (Å²) in [6.07, 6.45) is 1.45. The van der Waals surface area contributed by atoms with E-state index in [2.05, 4.69) is 4.98 Å². The lowest BCUT2D eigenvalue weighted by molar-refractivity contribution is 0.311. The number of para-hydroxylation sites is 4. The number of methoxy groups -OCH3 is 1. The highest BCUT2D eigenvalue weighted by Gasteiger charge is 1.99. The SMILES string of the molecule is CCOc1ccccc1OC.c1ccc2ocnc2c1. The Morgan fingerprint density at radius 3 is 2.40 bits per heavy atom. The molecule has 0 atom stereocenters. The molecule has 0 N–H and O–H groups in total. The third-order valence-electron chi connectivity index (χ3n) is 2.61. The van der Waals surface area contributed by atoms with Crippen LogP contribution in [0, 0.1) is 0 Å². The van der Waals surface area contributed by atoms with Crippen LogP contribution in [0.4, 0.5) is 0 Å². The van der Waals surface area contributed by atoms with Crippen LogP contribution in [-0.4, -0.2) is 18.7 Å². The van der Waals surface area contributed by atoms with Gasteiger partial charge in [-0.05, 0) is 31.2 Å². The van der Waals surface area contributed by atoms with Gasteiger partial charge in [0.15, 0.2) is 23.5 Å². The molecule has 0 radical (unpaired) electrons. The Kier molecular flexibility index (Phi) is 5.00. The largest absolute Gasteiger partial charge is 0.493 e. The maximum Gasteiger partial charge on any atom is 0.181 e. The number of oxazole rings is 1. The molecule has 0 saturated carbocycles. The van der Waals surface area contributed by atoms with Crippen molar-refractivity contribution in [3.8, 4) is 11.5 Å². The van der Waals surface area contributed by atoms with Crippen LogP contribution < -0.4 is 9.47 Å². The van der Waals surface area contributed by atoms with Gasteiger partial charge >= 0.3 is 0 Å². The van der Waals surface area contributed by atoms with Gasteiger partial charge in [-0.3, -0.25) is 0 Å². The topological polar surface area (TPSA) is 44.5 Å². The van der Waals surface area contributed by atoms with Crippen molar-refractivity contribution >= 4 is 11.1 Å². The summed E-state index contributed by atoms with van der Waals surface area (Å²) in [7, 11) is 1.64. The Bertz CT molecular complexity index is 619. The molecular weight excluding hydrogens is 254 g/mol. The van der Waals surface area contributed by atoms with Crippen molar-refractivity contribution in [2.24, 2.45) is 0 Å². The zero-order chi connectivity index (χ0) is 14.2. The Labute approximate surface area is 118 Å². The lowest BCUT2D eigenvalue weighted by Gasteiger charge is -2.07. The van der Waals surface area contributed by atoms with Gasteiger partial charge in [0.25, 0.3) is 0 Å². The quantitative estimate of drug-likeness (QED) is 0.724. The van der Waals surface area contributed by atoms with Crippen LogP contribution in [0.25, 0.3) is 11.1 Å². The van der Waals surface area contributed by atoms with Crippen molar-refractivity contribution in [2.75, 3.05) is 13.7 Å². The molecule has 4 heteroatoms. The van der Waals surface area contributed by atoms with E-state index in [0.717, 1.165) is 22.6 Å². The summed E-state index contributed by atoms with van der Waals surface area (Å²) >= 11 is 0. The Morgan fingerprint density at radius 2 is 1.70 bits per heavy atom. The van der Waals surface area contributed by atoms with Crippen LogP contribution >= 0.6 is 0 Å². The first-order valence-corrected chi connectivity index (χ1v) is 6.39. The van der Waals surface area contributed by atoms with Gasteiger partial charge in [-0.1, -0.05) is 24.3 Å². The standard InChI is InChI=1S/C9H12O2.C7H5NO/c1-3-11-9-7-5-4-6-8(9)10-2;1-2-4-7-6(3-1)8-5-9-7/h4-7H,3H2,1-2H3;1-5H. The van der Waals surface area contributed by atoms with Crippen LogP contribution in [-0.2, 0) is 0 Å². The molecule has 0 amide bonds. The lowest BCUT2D eigenvalue weighted by Crippen LogP contribution is -1.94. The average molecular weight is 271 g/mol. The Hall–Kier alpha value is -2.49. The molecule has 1 heterocycles. The summed E-state index contributed by atoms with van der Waals surface area (Å²) in [4.78, 5) is 3.95. The molecule has 3 aromatic rings. The van der Waals surface area contributed by atoms with Crippen LogP contribution in [0.2, 0.25) is 0 Å². The molecule has 4 nitrogen and oxygen atoms in total. The number of nitrogens with zero attached hydrogens (tertiary/aromatic N) is 1. The fraction of sp³-hybridized carbons (Fsp3) is 0.188. The number of fused-ring (bicyclic) bond motifs is 1. The number of hydrogen-bond acceptors (Lipinski definition) is 4. The molecule has 104 valence electrons. The van der Waals surface area contributed by atoms with E-state index in [1.807, 2.05) is 55.5 Å². The maximum absolute atomic E-state index is 5.30. The zero-order valence-corrected chi connectivity index (χ0v) is 11.6. The van der Waals surface area contributed by atoms with Crippen LogP contribution in [0.3, 0.4) is 0 Å². The highest BCUT2D eigenvalue weighted by Crippen LogP contribution is 2.25. The van der Waals surface area contributed by atoms with E-state index in [1.165, 1.54) is 6.39 Å². The molecule has 0 aliphatic carbocycles. The summed E-state index contributed by atoms with van der Waals surface area (Å²) in [6, 6.07) is 15.3. The molecule has 1 aromatic heterocycles. The second-order valence-electron chi connectivity index (χ2n) is 3.90. The number of aromatic nitrogens is 1. The number of ether oxygens (including phenoxy) is 2. The summed E-state index contributed by atoms with van der Waals surface area (Å²) < 4.78 is 15.4. The van der Waals surface area contributed by atoms with Crippen molar-refractivity contribution < 1.29 is 13.9 Å². The molecular formula is C16H17NO3.